The zero-order valence-electron chi connectivity index (χ0n) is 12.8. The van der Waals surface area contributed by atoms with E-state index in [0.29, 0.717) is 23.2 Å². The summed E-state index contributed by atoms with van der Waals surface area (Å²) in [5.74, 6) is -0.0415. The largest absolute Gasteiger partial charge is 0.375 e. The molecule has 0 unspecified atom stereocenters. The number of carbonyl (C=O) groups excluding carboxylic acids is 1. The Morgan fingerprint density at radius 3 is 2.91 bits per heavy atom. The van der Waals surface area contributed by atoms with E-state index < -0.39 is 0 Å². The second kappa shape index (κ2) is 10.3. The van der Waals surface area contributed by atoms with Gasteiger partial charge in [-0.15, -0.1) is 12.4 Å². The molecule has 2 rings (SSSR count). The van der Waals surface area contributed by atoms with Gasteiger partial charge < -0.3 is 20.1 Å². The third-order valence-corrected chi connectivity index (χ3v) is 4.26. The highest BCUT2D eigenvalue weighted by atomic mass is 35.5. The van der Waals surface area contributed by atoms with E-state index in [1.54, 1.807) is 6.07 Å². The summed E-state index contributed by atoms with van der Waals surface area (Å²) in [7, 11) is 1.49. The molecule has 8 heteroatoms. The maximum Gasteiger partial charge on any atom is 0.245 e. The Hall–Kier alpha value is -0.560. The van der Waals surface area contributed by atoms with Crippen LogP contribution in [-0.4, -0.2) is 45.9 Å². The second-order valence-corrected chi connectivity index (χ2v) is 5.98. The summed E-state index contributed by atoms with van der Waals surface area (Å²) in [5, 5.41) is 7.19. The van der Waals surface area contributed by atoms with Crippen LogP contribution in [0.3, 0.4) is 0 Å². The van der Waals surface area contributed by atoms with E-state index in [9.17, 15) is 4.79 Å². The Bertz CT molecular complexity index is 517. The summed E-state index contributed by atoms with van der Waals surface area (Å²) in [4.78, 5) is 11.6. The Labute approximate surface area is 152 Å². The van der Waals surface area contributed by atoms with Gasteiger partial charge in [0.25, 0.3) is 0 Å². The summed E-state index contributed by atoms with van der Waals surface area (Å²) in [6.07, 6.45) is -0.146. The molecule has 0 bridgehead atoms. The number of benzene rings is 1. The number of amides is 1. The number of nitrogens with one attached hydrogen (secondary N) is 2. The van der Waals surface area contributed by atoms with Crippen LogP contribution in [0.5, 0.6) is 0 Å². The molecule has 0 radical (unpaired) electrons. The van der Waals surface area contributed by atoms with Crippen LogP contribution >= 0.6 is 35.6 Å². The predicted octanol–water partition coefficient (Wildman–Crippen LogP) is 2.45. The molecule has 0 spiro atoms. The molecule has 2 atom stereocenters. The average Bonchev–Trinajstić information content (AvgIpc) is 2.74. The first-order chi connectivity index (χ1) is 10.6. The third kappa shape index (κ3) is 6.10. The van der Waals surface area contributed by atoms with Gasteiger partial charge in [0.15, 0.2) is 0 Å². The van der Waals surface area contributed by atoms with Crippen LogP contribution in [0.2, 0.25) is 10.0 Å². The van der Waals surface area contributed by atoms with E-state index in [1.807, 2.05) is 12.1 Å². The van der Waals surface area contributed by atoms with Crippen LogP contribution < -0.4 is 10.6 Å². The average molecular weight is 384 g/mol. The smallest absolute Gasteiger partial charge is 0.245 e. The fourth-order valence-corrected chi connectivity index (χ4v) is 2.76. The molecule has 1 fully saturated rings. The lowest BCUT2D eigenvalue weighted by atomic mass is 9.95. The maximum absolute atomic E-state index is 11.6. The molecule has 1 saturated heterocycles. The molecule has 2 N–H and O–H groups in total. The lowest BCUT2D eigenvalue weighted by Crippen LogP contribution is -2.37. The van der Waals surface area contributed by atoms with Crippen LogP contribution in [0, 0.1) is 5.92 Å². The fraction of sp³-hybridized carbons (Fsp3) is 0.533. The molecule has 0 saturated carbocycles. The molecular weight excluding hydrogens is 363 g/mol. The second-order valence-electron chi connectivity index (χ2n) is 5.17. The van der Waals surface area contributed by atoms with Crippen LogP contribution in [0.15, 0.2) is 18.2 Å². The monoisotopic (exact) mass is 382 g/mol. The first-order valence-electron chi connectivity index (χ1n) is 7.14. The molecule has 1 amide bonds. The van der Waals surface area contributed by atoms with Crippen LogP contribution in [0.25, 0.3) is 0 Å². The molecule has 130 valence electrons. The molecule has 1 aliphatic rings. The number of halogens is 3. The van der Waals surface area contributed by atoms with Crippen LogP contribution in [0.1, 0.15) is 11.7 Å². The molecule has 23 heavy (non-hydrogen) atoms. The van der Waals surface area contributed by atoms with Gasteiger partial charge >= 0.3 is 0 Å². The number of hydrogen-bond acceptors (Lipinski definition) is 4. The molecule has 0 aliphatic carbocycles. The van der Waals surface area contributed by atoms with Gasteiger partial charge in [0.2, 0.25) is 5.91 Å². The van der Waals surface area contributed by atoms with Crippen molar-refractivity contribution in [1.29, 1.82) is 0 Å². The Kier molecular flexibility index (Phi) is 9.20. The molecule has 1 aromatic rings. The summed E-state index contributed by atoms with van der Waals surface area (Å²) in [5.41, 5.74) is 0.962. The SMILES string of the molecule is COCC(=O)NC[C@@H]1CNCCO[C@H]1c1ccc(Cl)c(Cl)c1.Cl. The van der Waals surface area contributed by atoms with Crippen molar-refractivity contribution in [3.8, 4) is 0 Å². The number of ether oxygens (including phenoxy) is 2. The van der Waals surface area contributed by atoms with Crippen molar-refractivity contribution in [3.63, 3.8) is 0 Å². The number of rotatable bonds is 5. The van der Waals surface area contributed by atoms with Crippen LogP contribution in [0.4, 0.5) is 0 Å². The maximum atomic E-state index is 11.6. The standard InChI is InChI=1S/C15H20Cl2N2O3.ClH/c1-21-9-14(20)19-8-11-7-18-4-5-22-15(11)10-2-3-12(16)13(17)6-10;/h2-3,6,11,15,18H,4-5,7-9H2,1H3,(H,19,20);1H/t11-,15-;/m0./s1. The Morgan fingerprint density at radius 1 is 1.43 bits per heavy atom. The highest BCUT2D eigenvalue weighted by Crippen LogP contribution is 2.31. The van der Waals surface area contributed by atoms with Gasteiger partial charge in [0.05, 0.1) is 22.8 Å². The summed E-state index contributed by atoms with van der Waals surface area (Å²) in [6, 6.07) is 5.50. The van der Waals surface area contributed by atoms with E-state index in [0.717, 1.165) is 18.7 Å². The van der Waals surface area contributed by atoms with Crippen molar-refractivity contribution in [2.45, 2.75) is 6.10 Å². The van der Waals surface area contributed by atoms with Crippen molar-refractivity contribution in [2.75, 3.05) is 40.0 Å². The normalized spacial score (nSPS) is 21.2. The number of hydrogen-bond donors (Lipinski definition) is 2. The predicted molar refractivity (Wildman–Crippen MR) is 93.6 cm³/mol. The Balaban J connectivity index is 0.00000264. The highest BCUT2D eigenvalue weighted by Gasteiger charge is 2.27. The lowest BCUT2D eigenvalue weighted by Gasteiger charge is -2.25. The molecule has 1 aliphatic heterocycles. The van der Waals surface area contributed by atoms with E-state index in [4.69, 9.17) is 32.7 Å². The highest BCUT2D eigenvalue weighted by molar-refractivity contribution is 6.42. The fourth-order valence-electron chi connectivity index (χ4n) is 2.45. The van der Waals surface area contributed by atoms with Crippen molar-refractivity contribution >= 4 is 41.5 Å². The van der Waals surface area contributed by atoms with Crippen molar-refractivity contribution in [1.82, 2.24) is 10.6 Å². The molecule has 1 aromatic carbocycles. The van der Waals surface area contributed by atoms with E-state index in [2.05, 4.69) is 10.6 Å². The minimum absolute atomic E-state index is 0. The van der Waals surface area contributed by atoms with Gasteiger partial charge in [-0.1, -0.05) is 29.3 Å². The van der Waals surface area contributed by atoms with Gasteiger partial charge in [-0.05, 0) is 17.7 Å². The Morgan fingerprint density at radius 2 is 2.22 bits per heavy atom. The topological polar surface area (TPSA) is 59.6 Å². The zero-order valence-corrected chi connectivity index (χ0v) is 15.1. The van der Waals surface area contributed by atoms with Gasteiger partial charge in [0.1, 0.15) is 6.61 Å². The van der Waals surface area contributed by atoms with E-state index >= 15 is 0 Å². The molecule has 1 heterocycles. The van der Waals surface area contributed by atoms with Gasteiger partial charge in [-0.25, -0.2) is 0 Å². The van der Waals surface area contributed by atoms with Gasteiger partial charge in [-0.3, -0.25) is 4.79 Å². The van der Waals surface area contributed by atoms with Crippen molar-refractivity contribution in [2.24, 2.45) is 5.92 Å². The summed E-state index contributed by atoms with van der Waals surface area (Å²) < 4.78 is 10.8. The minimum Gasteiger partial charge on any atom is -0.375 e. The first kappa shape index (κ1) is 20.5. The summed E-state index contributed by atoms with van der Waals surface area (Å²) in [6.45, 7) is 2.69. The van der Waals surface area contributed by atoms with E-state index in [-0.39, 0.29) is 36.9 Å². The number of carbonyl (C=O) groups is 1. The van der Waals surface area contributed by atoms with Gasteiger partial charge in [-0.2, -0.15) is 0 Å². The lowest BCUT2D eigenvalue weighted by molar-refractivity contribution is -0.125. The first-order valence-corrected chi connectivity index (χ1v) is 7.90. The van der Waals surface area contributed by atoms with Gasteiger partial charge in [0, 0.05) is 32.7 Å². The van der Waals surface area contributed by atoms with E-state index in [1.165, 1.54) is 7.11 Å². The quantitative estimate of drug-likeness (QED) is 0.820. The molecular formula is C15H21Cl3N2O3. The third-order valence-electron chi connectivity index (χ3n) is 3.52. The van der Waals surface area contributed by atoms with Crippen molar-refractivity contribution in [3.05, 3.63) is 33.8 Å². The number of methoxy groups -OCH3 is 1. The summed E-state index contributed by atoms with van der Waals surface area (Å²) >= 11 is 12.1. The van der Waals surface area contributed by atoms with Crippen molar-refractivity contribution < 1.29 is 14.3 Å². The zero-order chi connectivity index (χ0) is 15.9. The molecule has 5 nitrogen and oxygen atoms in total. The minimum atomic E-state index is -0.146. The molecule has 0 aromatic heterocycles. The van der Waals surface area contributed by atoms with Crippen LogP contribution in [-0.2, 0) is 14.3 Å².